The Balaban J connectivity index is 1.69. The first-order valence-electron chi connectivity index (χ1n) is 8.24. The highest BCUT2D eigenvalue weighted by Crippen LogP contribution is 2.25. The fourth-order valence-electron chi connectivity index (χ4n) is 2.62. The van der Waals surface area contributed by atoms with Crippen LogP contribution in [0.5, 0.6) is 0 Å². The average Bonchev–Trinajstić information content (AvgIpc) is 3.01. The zero-order chi connectivity index (χ0) is 19.4. The molecule has 3 N–H and O–H groups in total. The van der Waals surface area contributed by atoms with Crippen LogP contribution in [0.1, 0.15) is 15.9 Å². The third-order valence-electron chi connectivity index (χ3n) is 4.02. The first-order valence-corrected chi connectivity index (χ1v) is 9.23. The minimum absolute atomic E-state index is 0.132. The van der Waals surface area contributed by atoms with E-state index >= 15 is 0 Å². The maximum Gasteiger partial charge on any atom is 0.250 e. The summed E-state index contributed by atoms with van der Waals surface area (Å²) in [6, 6.07) is 14.6. The van der Waals surface area contributed by atoms with Gasteiger partial charge in [0.2, 0.25) is 5.91 Å². The van der Waals surface area contributed by atoms with Crippen LogP contribution >= 0.6 is 11.8 Å². The van der Waals surface area contributed by atoms with Crippen LogP contribution in [0.2, 0.25) is 0 Å². The summed E-state index contributed by atoms with van der Waals surface area (Å²) in [5.41, 5.74) is 8.10. The van der Waals surface area contributed by atoms with Gasteiger partial charge in [0, 0.05) is 12.6 Å². The maximum atomic E-state index is 12.3. The number of para-hydroxylation sites is 1. The van der Waals surface area contributed by atoms with Crippen molar-refractivity contribution in [3.63, 3.8) is 0 Å². The van der Waals surface area contributed by atoms with Gasteiger partial charge in [-0.05, 0) is 24.6 Å². The smallest absolute Gasteiger partial charge is 0.250 e. The summed E-state index contributed by atoms with van der Waals surface area (Å²) in [7, 11) is 1.87. The molecular weight excluding hydrogens is 362 g/mol. The number of carbonyl (C=O) groups is 2. The number of rotatable bonds is 6. The SMILES string of the molecule is Cc1ccccc1-c1nnc(SCC(=O)Nc2ccccc2C(N)=O)n1C. The number of aromatic nitrogens is 3. The van der Waals surface area contributed by atoms with Crippen LogP contribution in [0.3, 0.4) is 0 Å². The molecule has 8 heteroatoms. The van der Waals surface area contributed by atoms with Crippen LogP contribution in [0.25, 0.3) is 11.4 Å². The lowest BCUT2D eigenvalue weighted by Crippen LogP contribution is -2.19. The molecule has 27 heavy (non-hydrogen) atoms. The standard InChI is InChI=1S/C19H19N5O2S/c1-12-7-3-4-8-13(12)18-22-23-19(24(18)2)27-11-16(25)21-15-10-6-5-9-14(15)17(20)26/h3-10H,11H2,1-2H3,(H2,20,26)(H,21,25). The van der Waals surface area contributed by atoms with Gasteiger partial charge in [0.15, 0.2) is 11.0 Å². The summed E-state index contributed by atoms with van der Waals surface area (Å²) < 4.78 is 1.86. The molecule has 0 aliphatic rings. The number of anilines is 1. The largest absolute Gasteiger partial charge is 0.366 e. The predicted octanol–water partition coefficient (Wildman–Crippen LogP) is 2.62. The highest BCUT2D eigenvalue weighted by molar-refractivity contribution is 7.99. The van der Waals surface area contributed by atoms with Crippen molar-refractivity contribution >= 4 is 29.3 Å². The van der Waals surface area contributed by atoms with E-state index in [1.807, 2.05) is 42.8 Å². The minimum atomic E-state index is -0.588. The van der Waals surface area contributed by atoms with Crippen molar-refractivity contribution < 1.29 is 9.59 Å². The molecule has 138 valence electrons. The minimum Gasteiger partial charge on any atom is -0.366 e. The Labute approximate surface area is 161 Å². The summed E-state index contributed by atoms with van der Waals surface area (Å²) in [5.74, 6) is 0.0336. The van der Waals surface area contributed by atoms with Crippen molar-refractivity contribution in [2.24, 2.45) is 12.8 Å². The highest BCUT2D eigenvalue weighted by atomic mass is 32.2. The van der Waals surface area contributed by atoms with E-state index in [4.69, 9.17) is 5.73 Å². The molecule has 0 bridgehead atoms. The summed E-state index contributed by atoms with van der Waals surface area (Å²) in [4.78, 5) is 23.7. The number of amides is 2. The Kier molecular flexibility index (Phi) is 5.56. The van der Waals surface area contributed by atoms with Gasteiger partial charge in [-0.25, -0.2) is 0 Å². The number of hydrogen-bond acceptors (Lipinski definition) is 5. The van der Waals surface area contributed by atoms with Crippen molar-refractivity contribution in [2.75, 3.05) is 11.1 Å². The number of aryl methyl sites for hydroxylation is 1. The highest BCUT2D eigenvalue weighted by Gasteiger charge is 2.15. The van der Waals surface area contributed by atoms with E-state index in [-0.39, 0.29) is 17.2 Å². The van der Waals surface area contributed by atoms with Gasteiger partial charge in [0.25, 0.3) is 5.91 Å². The number of nitrogens with one attached hydrogen (secondary N) is 1. The Hall–Kier alpha value is -3.13. The number of carbonyl (C=O) groups excluding carboxylic acids is 2. The lowest BCUT2D eigenvalue weighted by molar-refractivity contribution is -0.113. The molecule has 3 rings (SSSR count). The van der Waals surface area contributed by atoms with Gasteiger partial charge in [-0.3, -0.25) is 9.59 Å². The van der Waals surface area contributed by atoms with Crippen LogP contribution in [-0.4, -0.2) is 32.3 Å². The van der Waals surface area contributed by atoms with Crippen molar-refractivity contribution in [2.45, 2.75) is 12.1 Å². The first-order chi connectivity index (χ1) is 13.0. The van der Waals surface area contributed by atoms with E-state index in [2.05, 4.69) is 15.5 Å². The zero-order valence-electron chi connectivity index (χ0n) is 15.0. The van der Waals surface area contributed by atoms with Gasteiger partial charge in [0.05, 0.1) is 17.0 Å². The molecule has 0 radical (unpaired) electrons. The van der Waals surface area contributed by atoms with E-state index in [0.29, 0.717) is 10.8 Å². The molecular formula is C19H19N5O2S. The molecule has 0 aliphatic heterocycles. The van der Waals surface area contributed by atoms with Crippen molar-refractivity contribution in [3.05, 3.63) is 59.7 Å². The molecule has 0 fully saturated rings. The monoisotopic (exact) mass is 381 g/mol. The molecule has 0 atom stereocenters. The second-order valence-electron chi connectivity index (χ2n) is 5.93. The van der Waals surface area contributed by atoms with Crippen LogP contribution in [0.4, 0.5) is 5.69 Å². The summed E-state index contributed by atoms with van der Waals surface area (Å²) in [6.07, 6.45) is 0. The number of nitrogens with zero attached hydrogens (tertiary/aromatic N) is 3. The molecule has 0 unspecified atom stereocenters. The fraction of sp³-hybridized carbons (Fsp3) is 0.158. The lowest BCUT2D eigenvalue weighted by atomic mass is 10.1. The quantitative estimate of drug-likeness (QED) is 0.639. The number of primary amides is 1. The molecule has 7 nitrogen and oxygen atoms in total. The average molecular weight is 381 g/mol. The summed E-state index contributed by atoms with van der Waals surface area (Å²) >= 11 is 1.27. The van der Waals surface area contributed by atoms with E-state index in [9.17, 15) is 9.59 Å². The molecule has 3 aromatic rings. The van der Waals surface area contributed by atoms with Gasteiger partial charge in [-0.1, -0.05) is 48.2 Å². The van der Waals surface area contributed by atoms with Gasteiger partial charge >= 0.3 is 0 Å². The Morgan fingerprint density at radius 2 is 1.81 bits per heavy atom. The van der Waals surface area contributed by atoms with Gasteiger partial charge in [0.1, 0.15) is 0 Å². The van der Waals surface area contributed by atoms with Gasteiger partial charge < -0.3 is 15.6 Å². The van der Waals surface area contributed by atoms with Crippen LogP contribution < -0.4 is 11.1 Å². The number of benzene rings is 2. The Morgan fingerprint density at radius 3 is 2.56 bits per heavy atom. The molecule has 2 amide bonds. The normalized spacial score (nSPS) is 10.6. The van der Waals surface area contributed by atoms with E-state index in [1.54, 1.807) is 24.3 Å². The third kappa shape index (κ3) is 4.17. The third-order valence-corrected chi connectivity index (χ3v) is 5.04. The topological polar surface area (TPSA) is 103 Å². The van der Waals surface area contributed by atoms with E-state index in [1.165, 1.54) is 11.8 Å². The Bertz CT molecular complexity index is 999. The van der Waals surface area contributed by atoms with Crippen molar-refractivity contribution in [3.8, 4) is 11.4 Å². The van der Waals surface area contributed by atoms with Crippen molar-refractivity contribution in [1.29, 1.82) is 0 Å². The number of hydrogen-bond donors (Lipinski definition) is 2. The van der Waals surface area contributed by atoms with E-state index in [0.717, 1.165) is 17.0 Å². The number of nitrogens with two attached hydrogens (primary N) is 1. The molecule has 0 saturated heterocycles. The second-order valence-corrected chi connectivity index (χ2v) is 6.87. The molecule has 0 spiro atoms. The lowest BCUT2D eigenvalue weighted by Gasteiger charge is -2.09. The molecule has 2 aromatic carbocycles. The summed E-state index contributed by atoms with van der Waals surface area (Å²) in [6.45, 7) is 2.01. The number of thioether (sulfide) groups is 1. The Morgan fingerprint density at radius 1 is 1.11 bits per heavy atom. The zero-order valence-corrected chi connectivity index (χ0v) is 15.8. The predicted molar refractivity (Wildman–Crippen MR) is 105 cm³/mol. The van der Waals surface area contributed by atoms with Crippen LogP contribution in [0, 0.1) is 6.92 Å². The van der Waals surface area contributed by atoms with E-state index < -0.39 is 5.91 Å². The molecule has 1 aromatic heterocycles. The maximum absolute atomic E-state index is 12.3. The molecule has 1 heterocycles. The molecule has 0 aliphatic carbocycles. The van der Waals surface area contributed by atoms with Gasteiger partial charge in [-0.15, -0.1) is 10.2 Å². The van der Waals surface area contributed by atoms with Crippen molar-refractivity contribution in [1.82, 2.24) is 14.8 Å². The first kappa shape index (κ1) is 18.7. The van der Waals surface area contributed by atoms with Gasteiger partial charge in [-0.2, -0.15) is 0 Å². The fourth-order valence-corrected chi connectivity index (χ4v) is 3.33. The molecule has 0 saturated carbocycles. The van der Waals surface area contributed by atoms with Crippen LogP contribution in [-0.2, 0) is 11.8 Å². The summed E-state index contributed by atoms with van der Waals surface area (Å²) in [5, 5.41) is 11.8. The second kappa shape index (κ2) is 8.05. The van der Waals surface area contributed by atoms with Crippen LogP contribution in [0.15, 0.2) is 53.7 Å².